The van der Waals surface area contributed by atoms with Crippen LogP contribution in [0.1, 0.15) is 18.5 Å². The van der Waals surface area contributed by atoms with Gasteiger partial charge in [-0.05, 0) is 43.9 Å². The highest BCUT2D eigenvalue weighted by atomic mass is 16.3. The third-order valence-corrected chi connectivity index (χ3v) is 2.23. The first kappa shape index (κ1) is 9.86. The Bertz CT molecular complexity index is 297. The lowest BCUT2D eigenvalue weighted by atomic mass is 10.1. The first-order valence-corrected chi connectivity index (χ1v) is 4.25. The van der Waals surface area contributed by atoms with Gasteiger partial charge in [0.25, 0.3) is 0 Å². The van der Waals surface area contributed by atoms with Gasteiger partial charge in [0.15, 0.2) is 0 Å². The van der Waals surface area contributed by atoms with E-state index < -0.39 is 0 Å². The Balaban J connectivity index is 2.94. The molecule has 1 aromatic carbocycles. The molecule has 0 saturated carbocycles. The predicted molar refractivity (Wildman–Crippen MR) is 54.0 cm³/mol. The summed E-state index contributed by atoms with van der Waals surface area (Å²) < 4.78 is 0. The third kappa shape index (κ3) is 2.36. The molecule has 0 aliphatic heterocycles. The Morgan fingerprint density at radius 1 is 1.38 bits per heavy atom. The van der Waals surface area contributed by atoms with Crippen LogP contribution >= 0.6 is 0 Å². The van der Waals surface area contributed by atoms with Gasteiger partial charge in [0.1, 0.15) is 5.69 Å². The standard InChI is InChI=1S/C10H14N2O/c1-8(12(2)3)9-5-4-6-10(7-9)11-13/h4-8H,1-3H3/t8-/m0/s1. The Kier molecular flexibility index (Phi) is 3.14. The minimum absolute atomic E-state index is 0.307. The number of nitroso groups, excluding NO2 is 1. The van der Waals surface area contributed by atoms with Crippen molar-refractivity contribution >= 4 is 5.69 Å². The fraction of sp³-hybridized carbons (Fsp3) is 0.400. The summed E-state index contributed by atoms with van der Waals surface area (Å²) in [5.41, 5.74) is 1.60. The molecule has 0 radical (unpaired) electrons. The summed E-state index contributed by atoms with van der Waals surface area (Å²) >= 11 is 0. The van der Waals surface area contributed by atoms with Crippen molar-refractivity contribution in [2.45, 2.75) is 13.0 Å². The van der Waals surface area contributed by atoms with Gasteiger partial charge < -0.3 is 4.90 Å². The maximum Gasteiger partial charge on any atom is 0.108 e. The van der Waals surface area contributed by atoms with Crippen LogP contribution in [-0.4, -0.2) is 19.0 Å². The molecule has 0 aliphatic carbocycles. The van der Waals surface area contributed by atoms with E-state index >= 15 is 0 Å². The van der Waals surface area contributed by atoms with Crippen LogP contribution in [0.25, 0.3) is 0 Å². The highest BCUT2D eigenvalue weighted by molar-refractivity contribution is 5.40. The summed E-state index contributed by atoms with van der Waals surface area (Å²) in [5, 5.41) is 2.90. The van der Waals surface area contributed by atoms with Crippen molar-refractivity contribution in [1.29, 1.82) is 0 Å². The number of hydrogen-bond donors (Lipinski definition) is 0. The second-order valence-corrected chi connectivity index (χ2v) is 3.33. The molecule has 70 valence electrons. The summed E-state index contributed by atoms with van der Waals surface area (Å²) in [4.78, 5) is 12.4. The predicted octanol–water partition coefficient (Wildman–Crippen LogP) is 2.71. The van der Waals surface area contributed by atoms with Gasteiger partial charge in [0.2, 0.25) is 0 Å². The molecule has 1 atom stereocenters. The SMILES string of the molecule is C[C@@H](c1cccc(N=O)c1)N(C)C. The zero-order chi connectivity index (χ0) is 9.84. The van der Waals surface area contributed by atoms with Gasteiger partial charge in [-0.25, -0.2) is 0 Å². The molecule has 0 aliphatic rings. The Morgan fingerprint density at radius 2 is 2.08 bits per heavy atom. The van der Waals surface area contributed by atoms with E-state index in [4.69, 9.17) is 0 Å². The van der Waals surface area contributed by atoms with Crippen molar-refractivity contribution < 1.29 is 0 Å². The third-order valence-electron chi connectivity index (χ3n) is 2.23. The second kappa shape index (κ2) is 4.14. The minimum atomic E-state index is 0.307. The van der Waals surface area contributed by atoms with E-state index in [2.05, 4.69) is 17.0 Å². The highest BCUT2D eigenvalue weighted by Crippen LogP contribution is 2.21. The van der Waals surface area contributed by atoms with Gasteiger partial charge >= 0.3 is 0 Å². The van der Waals surface area contributed by atoms with Crippen molar-refractivity contribution in [3.63, 3.8) is 0 Å². The molecule has 0 bridgehead atoms. The lowest BCUT2D eigenvalue weighted by Crippen LogP contribution is -2.16. The molecule has 0 N–H and O–H groups in total. The maximum atomic E-state index is 10.3. The zero-order valence-corrected chi connectivity index (χ0v) is 8.19. The number of hydrogen-bond acceptors (Lipinski definition) is 3. The van der Waals surface area contributed by atoms with Crippen molar-refractivity contribution in [3.05, 3.63) is 34.7 Å². The van der Waals surface area contributed by atoms with Gasteiger partial charge in [-0.15, -0.1) is 4.91 Å². The van der Waals surface area contributed by atoms with Crippen molar-refractivity contribution in [1.82, 2.24) is 4.90 Å². The van der Waals surface area contributed by atoms with E-state index in [-0.39, 0.29) is 0 Å². The fourth-order valence-corrected chi connectivity index (χ4v) is 1.14. The van der Waals surface area contributed by atoms with Crippen LogP contribution in [0.2, 0.25) is 0 Å². The molecule has 1 aromatic rings. The first-order valence-electron chi connectivity index (χ1n) is 4.25. The molecule has 0 saturated heterocycles. The van der Waals surface area contributed by atoms with Crippen LogP contribution in [0.5, 0.6) is 0 Å². The first-order chi connectivity index (χ1) is 6.15. The minimum Gasteiger partial charge on any atom is -0.303 e. The van der Waals surface area contributed by atoms with E-state index in [0.29, 0.717) is 11.7 Å². The average molecular weight is 178 g/mol. The van der Waals surface area contributed by atoms with Crippen LogP contribution in [0.4, 0.5) is 5.69 Å². The Hall–Kier alpha value is -1.22. The quantitative estimate of drug-likeness (QED) is 0.666. The van der Waals surface area contributed by atoms with E-state index in [1.165, 1.54) is 0 Å². The fourth-order valence-electron chi connectivity index (χ4n) is 1.14. The van der Waals surface area contributed by atoms with Gasteiger partial charge in [-0.1, -0.05) is 12.1 Å². The molecule has 0 unspecified atom stereocenters. The maximum absolute atomic E-state index is 10.3. The van der Waals surface area contributed by atoms with E-state index in [1.54, 1.807) is 6.07 Å². The summed E-state index contributed by atoms with van der Waals surface area (Å²) in [7, 11) is 4.01. The molecular formula is C10H14N2O. The van der Waals surface area contributed by atoms with Gasteiger partial charge in [0.05, 0.1) is 0 Å². The topological polar surface area (TPSA) is 32.7 Å². The molecule has 3 nitrogen and oxygen atoms in total. The van der Waals surface area contributed by atoms with Crippen LogP contribution in [0, 0.1) is 4.91 Å². The lowest BCUT2D eigenvalue weighted by Gasteiger charge is -2.19. The monoisotopic (exact) mass is 178 g/mol. The van der Waals surface area contributed by atoms with Gasteiger partial charge in [-0.3, -0.25) is 0 Å². The molecule has 0 aromatic heterocycles. The van der Waals surface area contributed by atoms with Crippen molar-refractivity contribution in [2.75, 3.05) is 14.1 Å². The van der Waals surface area contributed by atoms with Crippen LogP contribution < -0.4 is 0 Å². The molecule has 0 heterocycles. The number of rotatable bonds is 3. The summed E-state index contributed by atoms with van der Waals surface area (Å²) in [6.07, 6.45) is 0. The largest absolute Gasteiger partial charge is 0.303 e. The Morgan fingerprint density at radius 3 is 2.62 bits per heavy atom. The molecule has 3 heteroatoms. The molecule has 0 fully saturated rings. The lowest BCUT2D eigenvalue weighted by molar-refractivity contribution is 0.321. The smallest absolute Gasteiger partial charge is 0.108 e. The second-order valence-electron chi connectivity index (χ2n) is 3.33. The van der Waals surface area contributed by atoms with Crippen molar-refractivity contribution in [2.24, 2.45) is 5.18 Å². The molecule has 1 rings (SSSR count). The number of benzene rings is 1. The summed E-state index contributed by atoms with van der Waals surface area (Å²) in [6.45, 7) is 2.09. The normalized spacial score (nSPS) is 12.9. The van der Waals surface area contributed by atoms with Crippen LogP contribution in [0.15, 0.2) is 29.4 Å². The van der Waals surface area contributed by atoms with Crippen molar-refractivity contribution in [3.8, 4) is 0 Å². The number of nitrogens with zero attached hydrogens (tertiary/aromatic N) is 2. The van der Waals surface area contributed by atoms with E-state index in [0.717, 1.165) is 5.56 Å². The highest BCUT2D eigenvalue weighted by Gasteiger charge is 2.07. The summed E-state index contributed by atoms with van der Waals surface area (Å²) in [5.74, 6) is 0. The van der Waals surface area contributed by atoms with Crippen LogP contribution in [0.3, 0.4) is 0 Å². The van der Waals surface area contributed by atoms with Gasteiger partial charge in [-0.2, -0.15) is 0 Å². The zero-order valence-electron chi connectivity index (χ0n) is 8.19. The molecular weight excluding hydrogens is 164 g/mol. The average Bonchev–Trinajstić information content (AvgIpc) is 2.16. The van der Waals surface area contributed by atoms with E-state index in [1.807, 2.05) is 32.3 Å². The molecule has 0 amide bonds. The molecule has 13 heavy (non-hydrogen) atoms. The van der Waals surface area contributed by atoms with E-state index in [9.17, 15) is 4.91 Å². The van der Waals surface area contributed by atoms with Crippen LogP contribution in [-0.2, 0) is 0 Å². The van der Waals surface area contributed by atoms with Gasteiger partial charge in [0, 0.05) is 6.04 Å². The summed E-state index contributed by atoms with van der Waals surface area (Å²) in [6, 6.07) is 7.68. The Labute approximate surface area is 78.3 Å². The molecule has 0 spiro atoms.